The van der Waals surface area contributed by atoms with Crippen molar-refractivity contribution in [2.75, 3.05) is 0 Å². The first-order valence-electron chi connectivity index (χ1n) is 5.63. The largest absolute Gasteiger partial charge is 0.478 e. The number of aromatic carboxylic acids is 1. The fraction of sp³-hybridized carbons (Fsp3) is 0.0714. The molecule has 104 valence electrons. The van der Waals surface area contributed by atoms with Gasteiger partial charge in [0.25, 0.3) is 0 Å². The number of carbonyl (C=O) groups is 1. The number of hydrogen-bond acceptors (Lipinski definition) is 2. The van der Waals surface area contributed by atoms with Crippen LogP contribution in [0.15, 0.2) is 56.3 Å². The SMILES string of the molecule is O=C(O)c1cc(S(=O)Cc2cccc(Br)c2)ccc1Br. The molecule has 1 atom stereocenters. The van der Waals surface area contributed by atoms with E-state index in [1.165, 1.54) is 6.07 Å². The highest BCUT2D eigenvalue weighted by atomic mass is 79.9. The molecule has 2 aromatic rings. The molecule has 0 aromatic heterocycles. The quantitative estimate of drug-likeness (QED) is 0.810. The van der Waals surface area contributed by atoms with Gasteiger partial charge in [-0.1, -0.05) is 28.1 Å². The first kappa shape index (κ1) is 15.4. The van der Waals surface area contributed by atoms with Crippen LogP contribution in [0.2, 0.25) is 0 Å². The van der Waals surface area contributed by atoms with E-state index in [-0.39, 0.29) is 5.56 Å². The molecule has 0 heterocycles. The van der Waals surface area contributed by atoms with Crippen molar-refractivity contribution < 1.29 is 14.1 Å². The molecule has 0 amide bonds. The van der Waals surface area contributed by atoms with Gasteiger partial charge in [-0.3, -0.25) is 4.21 Å². The summed E-state index contributed by atoms with van der Waals surface area (Å²) in [5.41, 5.74) is 1.04. The topological polar surface area (TPSA) is 54.4 Å². The van der Waals surface area contributed by atoms with Gasteiger partial charge in [-0.25, -0.2) is 4.79 Å². The number of carboxylic acids is 1. The summed E-state index contributed by atoms with van der Waals surface area (Å²) in [5, 5.41) is 9.06. The van der Waals surface area contributed by atoms with Gasteiger partial charge in [-0.15, -0.1) is 0 Å². The summed E-state index contributed by atoms with van der Waals surface area (Å²) in [5.74, 6) is -0.696. The fourth-order valence-corrected chi connectivity index (χ4v) is 3.65. The first-order valence-corrected chi connectivity index (χ1v) is 8.53. The summed E-state index contributed by atoms with van der Waals surface area (Å²) in [4.78, 5) is 11.6. The molecule has 0 saturated heterocycles. The molecule has 1 N–H and O–H groups in total. The van der Waals surface area contributed by atoms with Crippen molar-refractivity contribution in [2.24, 2.45) is 0 Å². The molecule has 0 bridgehead atoms. The minimum absolute atomic E-state index is 0.116. The minimum Gasteiger partial charge on any atom is -0.478 e. The van der Waals surface area contributed by atoms with Crippen molar-refractivity contribution in [3.8, 4) is 0 Å². The zero-order valence-electron chi connectivity index (χ0n) is 10.2. The minimum atomic E-state index is -1.28. The van der Waals surface area contributed by atoms with Gasteiger partial charge in [0.15, 0.2) is 0 Å². The van der Waals surface area contributed by atoms with Crippen molar-refractivity contribution in [1.82, 2.24) is 0 Å². The molecule has 6 heteroatoms. The van der Waals surface area contributed by atoms with E-state index in [1.807, 2.05) is 24.3 Å². The molecular formula is C14H10Br2O3S. The van der Waals surface area contributed by atoms with Gasteiger partial charge in [-0.2, -0.15) is 0 Å². The molecule has 0 aliphatic rings. The van der Waals surface area contributed by atoms with E-state index in [2.05, 4.69) is 31.9 Å². The molecule has 2 rings (SSSR count). The van der Waals surface area contributed by atoms with Crippen molar-refractivity contribution in [3.63, 3.8) is 0 Å². The van der Waals surface area contributed by atoms with Crippen LogP contribution < -0.4 is 0 Å². The summed E-state index contributed by atoms with van der Waals surface area (Å²) in [6, 6.07) is 12.3. The summed E-state index contributed by atoms with van der Waals surface area (Å²) in [6.07, 6.45) is 0. The molecule has 0 aliphatic heterocycles. The Labute approximate surface area is 135 Å². The molecular weight excluding hydrogens is 408 g/mol. The Morgan fingerprint density at radius 2 is 1.90 bits per heavy atom. The number of carboxylic acid groups (broad SMARTS) is 1. The summed E-state index contributed by atoms with van der Waals surface area (Å²) < 4.78 is 13.7. The van der Waals surface area contributed by atoms with Crippen LogP contribution in [0.5, 0.6) is 0 Å². The van der Waals surface area contributed by atoms with Crippen LogP contribution in [0.25, 0.3) is 0 Å². The molecule has 2 aromatic carbocycles. The van der Waals surface area contributed by atoms with Crippen LogP contribution in [0.4, 0.5) is 0 Å². The van der Waals surface area contributed by atoms with Crippen LogP contribution in [-0.4, -0.2) is 15.3 Å². The molecule has 20 heavy (non-hydrogen) atoms. The van der Waals surface area contributed by atoms with Gasteiger partial charge in [0.2, 0.25) is 0 Å². The van der Waals surface area contributed by atoms with Crippen molar-refractivity contribution in [3.05, 3.63) is 62.5 Å². The number of benzene rings is 2. The number of halogens is 2. The monoisotopic (exact) mass is 416 g/mol. The Morgan fingerprint density at radius 3 is 2.55 bits per heavy atom. The van der Waals surface area contributed by atoms with E-state index in [4.69, 9.17) is 5.11 Å². The van der Waals surface area contributed by atoms with E-state index in [9.17, 15) is 9.00 Å². The normalized spacial score (nSPS) is 12.1. The van der Waals surface area contributed by atoms with Gasteiger partial charge in [0.1, 0.15) is 0 Å². The zero-order chi connectivity index (χ0) is 14.7. The van der Waals surface area contributed by atoms with Gasteiger partial charge in [0, 0.05) is 13.8 Å². The van der Waals surface area contributed by atoms with Gasteiger partial charge < -0.3 is 5.11 Å². The molecule has 0 aliphatic carbocycles. The molecule has 0 spiro atoms. The van der Waals surface area contributed by atoms with Crippen LogP contribution >= 0.6 is 31.9 Å². The molecule has 1 unspecified atom stereocenters. The Balaban J connectivity index is 2.26. The third-order valence-corrected chi connectivity index (χ3v) is 5.18. The second-order valence-electron chi connectivity index (χ2n) is 4.07. The Morgan fingerprint density at radius 1 is 1.15 bits per heavy atom. The zero-order valence-corrected chi connectivity index (χ0v) is 14.2. The van der Waals surface area contributed by atoms with Gasteiger partial charge >= 0.3 is 5.97 Å². The van der Waals surface area contributed by atoms with Crippen LogP contribution in [0.3, 0.4) is 0 Å². The molecule has 0 saturated carbocycles. The van der Waals surface area contributed by atoms with E-state index in [0.29, 0.717) is 15.1 Å². The average molecular weight is 418 g/mol. The molecule has 0 fully saturated rings. The second kappa shape index (κ2) is 6.65. The number of rotatable bonds is 4. The van der Waals surface area contributed by atoms with Crippen molar-refractivity contribution in [1.29, 1.82) is 0 Å². The Hall–Kier alpha value is -0.980. The summed E-state index contributed by atoms with van der Waals surface area (Å²) >= 11 is 6.54. The van der Waals surface area contributed by atoms with E-state index in [1.54, 1.807) is 12.1 Å². The fourth-order valence-electron chi connectivity index (χ4n) is 1.67. The predicted octanol–water partition coefficient (Wildman–Crippen LogP) is 4.22. The lowest BCUT2D eigenvalue weighted by Gasteiger charge is -2.06. The van der Waals surface area contributed by atoms with E-state index in [0.717, 1.165) is 10.0 Å². The highest BCUT2D eigenvalue weighted by Crippen LogP contribution is 2.22. The maximum atomic E-state index is 12.3. The third kappa shape index (κ3) is 3.77. The standard InChI is InChI=1S/C14H10Br2O3S/c15-10-3-1-2-9(6-10)8-20(19)11-4-5-13(16)12(7-11)14(17)18/h1-7H,8H2,(H,17,18). The lowest BCUT2D eigenvalue weighted by molar-refractivity contribution is 0.0695. The average Bonchev–Trinajstić information content (AvgIpc) is 2.38. The summed E-state index contributed by atoms with van der Waals surface area (Å²) in [6.45, 7) is 0. The summed E-state index contributed by atoms with van der Waals surface area (Å²) in [7, 11) is -1.28. The molecule has 3 nitrogen and oxygen atoms in total. The maximum absolute atomic E-state index is 12.3. The lowest BCUT2D eigenvalue weighted by Crippen LogP contribution is -2.02. The highest BCUT2D eigenvalue weighted by Gasteiger charge is 2.12. The van der Waals surface area contributed by atoms with E-state index >= 15 is 0 Å². The van der Waals surface area contributed by atoms with Crippen LogP contribution in [0.1, 0.15) is 15.9 Å². The van der Waals surface area contributed by atoms with Gasteiger partial charge in [-0.05, 0) is 51.8 Å². The highest BCUT2D eigenvalue weighted by molar-refractivity contribution is 9.10. The van der Waals surface area contributed by atoms with Crippen molar-refractivity contribution >= 4 is 48.6 Å². The predicted molar refractivity (Wildman–Crippen MR) is 85.4 cm³/mol. The first-order chi connectivity index (χ1) is 9.47. The Kier molecular flexibility index (Phi) is 5.12. The maximum Gasteiger partial charge on any atom is 0.336 e. The smallest absolute Gasteiger partial charge is 0.336 e. The Bertz CT molecular complexity index is 686. The van der Waals surface area contributed by atoms with Crippen LogP contribution in [-0.2, 0) is 16.6 Å². The van der Waals surface area contributed by atoms with Gasteiger partial charge in [0.05, 0.1) is 22.1 Å². The van der Waals surface area contributed by atoms with Crippen LogP contribution in [0, 0.1) is 0 Å². The second-order valence-corrected chi connectivity index (χ2v) is 7.29. The number of hydrogen-bond donors (Lipinski definition) is 1. The van der Waals surface area contributed by atoms with E-state index < -0.39 is 16.8 Å². The third-order valence-electron chi connectivity index (χ3n) is 2.62. The van der Waals surface area contributed by atoms with Crippen molar-refractivity contribution in [2.45, 2.75) is 10.6 Å². The lowest BCUT2D eigenvalue weighted by atomic mass is 10.2. The molecule has 0 radical (unpaired) electrons.